The molecule has 0 fully saturated rings. The summed E-state index contributed by atoms with van der Waals surface area (Å²) in [4.78, 5) is 0. The zero-order valence-electron chi connectivity index (χ0n) is 11.3. The first kappa shape index (κ1) is 12.9. The molecule has 2 rings (SSSR count). The van der Waals surface area contributed by atoms with E-state index in [-0.39, 0.29) is 6.04 Å². The monoisotopic (exact) mass is 247 g/mol. The predicted octanol–water partition coefficient (Wildman–Crippen LogP) is 2.70. The van der Waals surface area contributed by atoms with Crippen molar-refractivity contribution in [2.45, 2.75) is 39.8 Å². The molecule has 0 amide bonds. The minimum atomic E-state index is 0.214. The van der Waals surface area contributed by atoms with Gasteiger partial charge >= 0.3 is 0 Å². The largest absolute Gasteiger partial charge is 0.468 e. The Kier molecular flexibility index (Phi) is 4.20. The maximum Gasteiger partial charge on any atom is 0.121 e. The molecule has 2 aromatic heterocycles. The van der Waals surface area contributed by atoms with E-state index < -0.39 is 0 Å². The van der Waals surface area contributed by atoms with Crippen molar-refractivity contribution in [1.82, 2.24) is 15.1 Å². The number of aromatic nitrogens is 2. The molecule has 1 N–H and O–H groups in total. The first-order chi connectivity index (χ1) is 8.74. The van der Waals surface area contributed by atoms with Gasteiger partial charge in [0.25, 0.3) is 0 Å². The smallest absolute Gasteiger partial charge is 0.121 e. The second-order valence-corrected chi connectivity index (χ2v) is 4.42. The number of nitrogens with zero attached hydrogens (tertiary/aromatic N) is 2. The molecule has 1 atom stereocenters. The van der Waals surface area contributed by atoms with Crippen molar-refractivity contribution in [2.75, 3.05) is 6.54 Å². The van der Waals surface area contributed by atoms with Gasteiger partial charge in [-0.3, -0.25) is 4.68 Å². The average molecular weight is 247 g/mol. The van der Waals surface area contributed by atoms with E-state index in [0.29, 0.717) is 0 Å². The second-order valence-electron chi connectivity index (χ2n) is 4.42. The van der Waals surface area contributed by atoms with Crippen molar-refractivity contribution < 1.29 is 4.42 Å². The van der Waals surface area contributed by atoms with Gasteiger partial charge in [0.2, 0.25) is 0 Å². The minimum Gasteiger partial charge on any atom is -0.468 e. The van der Waals surface area contributed by atoms with Gasteiger partial charge in [0.15, 0.2) is 0 Å². The number of furan rings is 1. The Hall–Kier alpha value is -1.55. The Morgan fingerprint density at radius 1 is 1.44 bits per heavy atom. The molecule has 4 heteroatoms. The molecule has 4 nitrogen and oxygen atoms in total. The number of nitrogens with one attached hydrogen (secondary N) is 1. The van der Waals surface area contributed by atoms with E-state index in [1.165, 1.54) is 5.69 Å². The quantitative estimate of drug-likeness (QED) is 0.853. The maximum atomic E-state index is 5.51. The highest BCUT2D eigenvalue weighted by Gasteiger charge is 2.16. The molecule has 2 aromatic rings. The molecule has 1 unspecified atom stereocenters. The Balaban J connectivity index is 2.18. The van der Waals surface area contributed by atoms with Gasteiger partial charge in [-0.05, 0) is 38.6 Å². The van der Waals surface area contributed by atoms with Crippen molar-refractivity contribution in [3.8, 4) is 0 Å². The molecule has 0 aliphatic heterocycles. The van der Waals surface area contributed by atoms with E-state index in [1.807, 2.05) is 19.1 Å². The summed E-state index contributed by atoms with van der Waals surface area (Å²) in [6.07, 6.45) is 2.62. The number of likely N-dealkylation sites (N-methyl/N-ethyl adjacent to an activating group) is 1. The van der Waals surface area contributed by atoms with Crippen LogP contribution in [-0.2, 0) is 13.0 Å². The van der Waals surface area contributed by atoms with Gasteiger partial charge in [-0.1, -0.05) is 6.92 Å². The topological polar surface area (TPSA) is 43.0 Å². The third-order valence-electron chi connectivity index (χ3n) is 3.04. The lowest BCUT2D eigenvalue weighted by molar-refractivity contribution is 0.408. The normalized spacial score (nSPS) is 12.8. The van der Waals surface area contributed by atoms with Crippen LogP contribution < -0.4 is 5.32 Å². The van der Waals surface area contributed by atoms with Crippen LogP contribution in [0.4, 0.5) is 0 Å². The van der Waals surface area contributed by atoms with Gasteiger partial charge in [-0.2, -0.15) is 5.10 Å². The van der Waals surface area contributed by atoms with Crippen molar-refractivity contribution in [1.29, 1.82) is 0 Å². The molecule has 2 heterocycles. The van der Waals surface area contributed by atoms with E-state index >= 15 is 0 Å². The standard InChI is InChI=1S/C14H21N3O/c1-4-15-13(14-7-6-8-18-14)10-12-9-11(3)16-17(12)5-2/h6-9,13,15H,4-5,10H2,1-3H3. The van der Waals surface area contributed by atoms with Crippen LogP contribution in [0.1, 0.15) is 37.0 Å². The molecule has 0 saturated carbocycles. The fourth-order valence-corrected chi connectivity index (χ4v) is 2.26. The molecular weight excluding hydrogens is 226 g/mol. The molecule has 0 aromatic carbocycles. The first-order valence-corrected chi connectivity index (χ1v) is 6.54. The van der Waals surface area contributed by atoms with Crippen molar-refractivity contribution >= 4 is 0 Å². The highest BCUT2D eigenvalue weighted by molar-refractivity contribution is 5.14. The number of hydrogen-bond acceptors (Lipinski definition) is 3. The molecule has 0 spiro atoms. The lowest BCUT2D eigenvalue weighted by Crippen LogP contribution is -2.23. The summed E-state index contributed by atoms with van der Waals surface area (Å²) < 4.78 is 7.57. The molecule has 0 saturated heterocycles. The summed E-state index contributed by atoms with van der Waals surface area (Å²) >= 11 is 0. The summed E-state index contributed by atoms with van der Waals surface area (Å²) in [7, 11) is 0. The van der Waals surface area contributed by atoms with Crippen LogP contribution in [0.15, 0.2) is 28.9 Å². The SMILES string of the molecule is CCNC(Cc1cc(C)nn1CC)c1ccco1. The van der Waals surface area contributed by atoms with Crippen LogP contribution in [0.5, 0.6) is 0 Å². The molecule has 18 heavy (non-hydrogen) atoms. The lowest BCUT2D eigenvalue weighted by atomic mass is 10.1. The Bertz CT molecular complexity index is 473. The Labute approximate surface area is 108 Å². The number of hydrogen-bond donors (Lipinski definition) is 1. The zero-order valence-corrected chi connectivity index (χ0v) is 11.3. The molecule has 0 aliphatic carbocycles. The lowest BCUT2D eigenvalue weighted by Gasteiger charge is -2.16. The van der Waals surface area contributed by atoms with E-state index in [4.69, 9.17) is 4.42 Å². The van der Waals surface area contributed by atoms with Crippen molar-refractivity contribution in [3.05, 3.63) is 41.6 Å². The number of aryl methyl sites for hydroxylation is 2. The summed E-state index contributed by atoms with van der Waals surface area (Å²) in [6, 6.07) is 6.32. The highest BCUT2D eigenvalue weighted by Crippen LogP contribution is 2.19. The zero-order chi connectivity index (χ0) is 13.0. The van der Waals surface area contributed by atoms with Gasteiger partial charge in [-0.15, -0.1) is 0 Å². The highest BCUT2D eigenvalue weighted by atomic mass is 16.3. The molecular formula is C14H21N3O. The Morgan fingerprint density at radius 2 is 2.28 bits per heavy atom. The van der Waals surface area contributed by atoms with Gasteiger partial charge in [0.1, 0.15) is 5.76 Å². The maximum absolute atomic E-state index is 5.51. The molecule has 0 aliphatic rings. The van der Waals surface area contributed by atoms with Crippen LogP contribution >= 0.6 is 0 Å². The van der Waals surface area contributed by atoms with Crippen LogP contribution in [0.3, 0.4) is 0 Å². The minimum absolute atomic E-state index is 0.214. The molecule has 0 bridgehead atoms. The Morgan fingerprint density at radius 3 is 2.89 bits per heavy atom. The van der Waals surface area contributed by atoms with Crippen LogP contribution in [0.25, 0.3) is 0 Å². The summed E-state index contributed by atoms with van der Waals surface area (Å²) in [5.41, 5.74) is 2.32. The summed E-state index contributed by atoms with van der Waals surface area (Å²) in [6.45, 7) is 8.08. The summed E-state index contributed by atoms with van der Waals surface area (Å²) in [5.74, 6) is 0.985. The van der Waals surface area contributed by atoms with Gasteiger partial charge < -0.3 is 9.73 Å². The van der Waals surface area contributed by atoms with E-state index in [9.17, 15) is 0 Å². The predicted molar refractivity (Wildman–Crippen MR) is 71.5 cm³/mol. The van der Waals surface area contributed by atoms with Gasteiger partial charge in [0, 0.05) is 18.7 Å². The van der Waals surface area contributed by atoms with Gasteiger partial charge in [-0.25, -0.2) is 0 Å². The number of rotatable bonds is 6. The van der Waals surface area contributed by atoms with E-state index in [1.54, 1.807) is 6.26 Å². The molecule has 0 radical (unpaired) electrons. The van der Waals surface area contributed by atoms with E-state index in [0.717, 1.165) is 31.0 Å². The third kappa shape index (κ3) is 2.82. The van der Waals surface area contributed by atoms with Crippen molar-refractivity contribution in [3.63, 3.8) is 0 Å². The van der Waals surface area contributed by atoms with Crippen LogP contribution in [0.2, 0.25) is 0 Å². The first-order valence-electron chi connectivity index (χ1n) is 6.54. The van der Waals surface area contributed by atoms with Crippen molar-refractivity contribution in [2.24, 2.45) is 0 Å². The second kappa shape index (κ2) is 5.87. The molecule has 98 valence electrons. The van der Waals surface area contributed by atoms with Crippen LogP contribution in [0, 0.1) is 6.92 Å². The van der Waals surface area contributed by atoms with E-state index in [2.05, 4.69) is 35.0 Å². The fraction of sp³-hybridized carbons (Fsp3) is 0.500. The summed E-state index contributed by atoms with van der Waals surface area (Å²) in [5, 5.41) is 7.94. The fourth-order valence-electron chi connectivity index (χ4n) is 2.26. The van der Waals surface area contributed by atoms with Crippen LogP contribution in [-0.4, -0.2) is 16.3 Å². The third-order valence-corrected chi connectivity index (χ3v) is 3.04. The van der Waals surface area contributed by atoms with Gasteiger partial charge in [0.05, 0.1) is 18.0 Å². The average Bonchev–Trinajstić information content (AvgIpc) is 2.97.